The predicted octanol–water partition coefficient (Wildman–Crippen LogP) is 1.29. The van der Waals surface area contributed by atoms with Crippen molar-refractivity contribution in [1.29, 1.82) is 0 Å². The van der Waals surface area contributed by atoms with E-state index in [0.717, 1.165) is 20.3 Å². The lowest BCUT2D eigenvalue weighted by Crippen LogP contribution is -2.43. The Kier molecular flexibility index (Phi) is 3.24. The van der Waals surface area contributed by atoms with Crippen LogP contribution in [-0.2, 0) is 0 Å². The summed E-state index contributed by atoms with van der Waals surface area (Å²) in [4.78, 5) is 21.6. The van der Waals surface area contributed by atoms with Gasteiger partial charge in [-0.3, -0.25) is 0 Å². The van der Waals surface area contributed by atoms with Crippen molar-refractivity contribution >= 4 is 12.2 Å². The predicted molar refractivity (Wildman–Crippen MR) is 63.9 cm³/mol. The second-order valence-corrected chi connectivity index (χ2v) is 3.99. The Morgan fingerprint density at radius 3 is 2.00 bits per heavy atom. The highest BCUT2D eigenvalue weighted by Crippen LogP contribution is 2.16. The van der Waals surface area contributed by atoms with E-state index in [0.29, 0.717) is 5.69 Å². The van der Waals surface area contributed by atoms with Crippen LogP contribution in [0.15, 0.2) is 42.9 Å². The van der Waals surface area contributed by atoms with Gasteiger partial charge in [0.1, 0.15) is 0 Å². The molecule has 0 fully saturated rings. The van der Waals surface area contributed by atoms with E-state index in [1.165, 1.54) is 18.6 Å². The normalized spacial score (nSPS) is 10.2. The fraction of sp³-hybridized carbons (Fsp3) is 0.0769. The van der Waals surface area contributed by atoms with E-state index in [-0.39, 0.29) is 0 Å². The van der Waals surface area contributed by atoms with Crippen molar-refractivity contribution in [1.82, 2.24) is 0 Å². The third-order valence-electron chi connectivity index (χ3n) is 2.74. The highest BCUT2D eigenvalue weighted by atomic mass is 16.4. The first-order valence-corrected chi connectivity index (χ1v) is 5.49. The maximum Gasteiger partial charge on any atom is 0.599 e. The zero-order chi connectivity index (χ0) is 14.0. The van der Waals surface area contributed by atoms with Crippen LogP contribution in [-0.4, -0.2) is 22.4 Å². The summed E-state index contributed by atoms with van der Waals surface area (Å²) in [5, 5.41) is 17.7. The van der Waals surface area contributed by atoms with Gasteiger partial charge >= 0.3 is 12.2 Å². The Balaban J connectivity index is 2.39. The summed E-state index contributed by atoms with van der Waals surface area (Å²) in [7, 11) is 0. The summed E-state index contributed by atoms with van der Waals surface area (Å²) >= 11 is 0. The maximum atomic E-state index is 10.9. The molecule has 0 radical (unpaired) electrons. The largest absolute Gasteiger partial charge is 0.599 e. The molecule has 6 heteroatoms. The van der Waals surface area contributed by atoms with Crippen LogP contribution in [0, 0.1) is 6.92 Å². The average Bonchev–Trinajstić information content (AvgIpc) is 2.38. The second kappa shape index (κ2) is 4.85. The van der Waals surface area contributed by atoms with Crippen molar-refractivity contribution in [3.8, 4) is 11.1 Å². The average molecular weight is 260 g/mol. The first-order chi connectivity index (χ1) is 8.99. The number of rotatable bonds is 1. The first kappa shape index (κ1) is 12.7. The molecule has 0 aliphatic heterocycles. The van der Waals surface area contributed by atoms with Gasteiger partial charge in [0.05, 0.1) is 0 Å². The number of aromatic nitrogens is 2. The number of hydrogen-bond acceptors (Lipinski definition) is 2. The Bertz CT molecular complexity index is 650. The molecule has 0 aromatic carbocycles. The van der Waals surface area contributed by atoms with Gasteiger partial charge in [-0.25, -0.2) is 0 Å². The minimum atomic E-state index is -1.06. The van der Waals surface area contributed by atoms with E-state index in [9.17, 15) is 9.59 Å². The highest BCUT2D eigenvalue weighted by Gasteiger charge is 2.17. The first-order valence-electron chi connectivity index (χ1n) is 5.49. The van der Waals surface area contributed by atoms with E-state index in [1.807, 2.05) is 0 Å². The van der Waals surface area contributed by atoms with Gasteiger partial charge in [0.2, 0.25) is 0 Å². The summed E-state index contributed by atoms with van der Waals surface area (Å²) in [5.41, 5.74) is 2.23. The molecule has 0 atom stereocenters. The topological polar surface area (TPSA) is 82.4 Å². The number of hydrogen-bond donors (Lipinski definition) is 2. The molecule has 0 aliphatic rings. The van der Waals surface area contributed by atoms with Crippen molar-refractivity contribution in [2.24, 2.45) is 0 Å². The van der Waals surface area contributed by atoms with Gasteiger partial charge in [-0.1, -0.05) is 9.13 Å². The number of pyridine rings is 2. The van der Waals surface area contributed by atoms with Gasteiger partial charge in [0, 0.05) is 31.2 Å². The van der Waals surface area contributed by atoms with Crippen LogP contribution in [0.3, 0.4) is 0 Å². The van der Waals surface area contributed by atoms with Gasteiger partial charge in [-0.15, -0.1) is 0 Å². The molecule has 0 spiro atoms. The molecule has 6 nitrogen and oxygen atoms in total. The molecule has 0 unspecified atom stereocenters. The Labute approximate surface area is 108 Å². The van der Waals surface area contributed by atoms with Crippen molar-refractivity contribution < 1.29 is 28.9 Å². The summed E-state index contributed by atoms with van der Waals surface area (Å²) in [5.74, 6) is 0. The van der Waals surface area contributed by atoms with E-state index in [4.69, 9.17) is 10.2 Å². The summed E-state index contributed by atoms with van der Waals surface area (Å²) in [6, 6.07) is 6.72. The lowest BCUT2D eigenvalue weighted by molar-refractivity contribution is -0.591. The van der Waals surface area contributed by atoms with Gasteiger partial charge in [-0.05, 0) is 11.1 Å². The van der Waals surface area contributed by atoms with Crippen LogP contribution < -0.4 is 9.13 Å². The zero-order valence-electron chi connectivity index (χ0n) is 10.1. The van der Waals surface area contributed by atoms with Crippen LogP contribution in [0.25, 0.3) is 11.1 Å². The molecule has 0 amide bonds. The lowest BCUT2D eigenvalue weighted by atomic mass is 10.1. The molecule has 2 rings (SSSR count). The standard InChI is InChI=1S/C13H10N2O4/c1-9-8-11(4-7-15(9)13(18)19)10-2-5-14(6-3-10)12(16)17/h2-8H,1H3/p+2. The van der Waals surface area contributed by atoms with Crippen molar-refractivity contribution in [3.05, 3.63) is 48.5 Å². The molecule has 2 N–H and O–H groups in total. The molecule has 0 bridgehead atoms. The maximum absolute atomic E-state index is 10.9. The van der Waals surface area contributed by atoms with Gasteiger partial charge in [0.15, 0.2) is 24.3 Å². The lowest BCUT2D eigenvalue weighted by Gasteiger charge is -2.00. The molecular formula is C13H12N2O4+2. The second-order valence-electron chi connectivity index (χ2n) is 3.99. The minimum Gasteiger partial charge on any atom is -0.427 e. The summed E-state index contributed by atoms with van der Waals surface area (Å²) in [6.07, 6.45) is 2.24. The monoisotopic (exact) mass is 260 g/mol. The SMILES string of the molecule is Cc1cc(-c2cc[n+](C(=O)O)cc2)cc[n+]1C(=O)O. The molecule has 2 heterocycles. The smallest absolute Gasteiger partial charge is 0.427 e. The molecular weight excluding hydrogens is 248 g/mol. The molecule has 2 aromatic rings. The van der Waals surface area contributed by atoms with Crippen molar-refractivity contribution in [2.45, 2.75) is 6.92 Å². The fourth-order valence-corrected chi connectivity index (χ4v) is 1.76. The molecule has 2 aromatic heterocycles. The van der Waals surface area contributed by atoms with Crippen LogP contribution in [0.1, 0.15) is 5.69 Å². The Morgan fingerprint density at radius 1 is 0.947 bits per heavy atom. The molecule has 0 saturated heterocycles. The van der Waals surface area contributed by atoms with Crippen LogP contribution >= 0.6 is 0 Å². The number of aryl methyl sites for hydroxylation is 1. The summed E-state index contributed by atoms with van der Waals surface area (Å²) in [6.45, 7) is 1.69. The van der Waals surface area contributed by atoms with Crippen LogP contribution in [0.5, 0.6) is 0 Å². The molecule has 0 saturated carbocycles. The molecule has 19 heavy (non-hydrogen) atoms. The van der Waals surface area contributed by atoms with Crippen molar-refractivity contribution in [3.63, 3.8) is 0 Å². The van der Waals surface area contributed by atoms with Gasteiger partial charge in [0.25, 0.3) is 0 Å². The van der Waals surface area contributed by atoms with Gasteiger partial charge in [-0.2, -0.15) is 9.59 Å². The van der Waals surface area contributed by atoms with E-state index >= 15 is 0 Å². The quantitative estimate of drug-likeness (QED) is 0.757. The van der Waals surface area contributed by atoms with E-state index in [1.54, 1.807) is 31.2 Å². The third kappa shape index (κ3) is 2.57. The van der Waals surface area contributed by atoms with Gasteiger partial charge < -0.3 is 10.2 Å². The summed E-state index contributed by atoms with van der Waals surface area (Å²) < 4.78 is 2.15. The molecule has 0 aliphatic carbocycles. The van der Waals surface area contributed by atoms with E-state index < -0.39 is 12.2 Å². The van der Waals surface area contributed by atoms with Crippen molar-refractivity contribution in [2.75, 3.05) is 0 Å². The number of carboxylic acid groups (broad SMARTS) is 2. The van der Waals surface area contributed by atoms with Crippen LogP contribution in [0.4, 0.5) is 9.59 Å². The Morgan fingerprint density at radius 2 is 1.53 bits per heavy atom. The number of nitrogens with zero attached hydrogens (tertiary/aromatic N) is 2. The minimum absolute atomic E-state index is 0.583. The highest BCUT2D eigenvalue weighted by molar-refractivity contribution is 5.63. The molecule has 96 valence electrons. The van der Waals surface area contributed by atoms with Crippen LogP contribution in [0.2, 0.25) is 0 Å². The number of carbonyl (C=O) groups is 2. The fourth-order valence-electron chi connectivity index (χ4n) is 1.76. The van der Waals surface area contributed by atoms with E-state index in [2.05, 4.69) is 0 Å². The Hall–Kier alpha value is -2.76. The zero-order valence-corrected chi connectivity index (χ0v) is 10.1. The third-order valence-corrected chi connectivity index (χ3v) is 2.74.